The molecule has 1 amide bonds. The number of amides is 1. The zero-order chi connectivity index (χ0) is 20.5. The first-order valence-electron chi connectivity index (χ1n) is 9.90. The Balaban J connectivity index is 2.56. The van der Waals surface area contributed by atoms with Crippen LogP contribution in [0.4, 0.5) is 0 Å². The van der Waals surface area contributed by atoms with E-state index in [4.69, 9.17) is 0 Å². The number of carbonyl (C=O) groups is 1. The molecular formula is C21H34N2O3S. The lowest BCUT2D eigenvalue weighted by Crippen LogP contribution is -2.50. The van der Waals surface area contributed by atoms with E-state index in [0.29, 0.717) is 37.0 Å². The first-order valence-corrected chi connectivity index (χ1v) is 11.3. The zero-order valence-corrected chi connectivity index (χ0v) is 18.6. The number of sulfonamides is 1. The van der Waals surface area contributed by atoms with Crippen LogP contribution in [0.2, 0.25) is 0 Å². The maximum absolute atomic E-state index is 13.6. The molecule has 1 aromatic carbocycles. The SMILES string of the molecule is CC(=O)N1CCN(S(=O)(=O)c2c(C(C)C)cc(C(C)C)cc2C(C)C)CC1. The smallest absolute Gasteiger partial charge is 0.243 e. The van der Waals surface area contributed by atoms with Crippen molar-refractivity contribution in [2.45, 2.75) is 71.1 Å². The predicted molar refractivity (Wildman–Crippen MR) is 110 cm³/mol. The molecule has 1 saturated heterocycles. The standard InChI is InChI=1S/C21H34N2O3S/c1-14(2)18-12-19(15(3)4)21(20(13-18)16(5)6)27(25,26)23-10-8-22(9-11-23)17(7)24/h12-16H,8-11H2,1-7H3. The summed E-state index contributed by atoms with van der Waals surface area (Å²) in [7, 11) is -3.61. The van der Waals surface area contributed by atoms with Crippen molar-refractivity contribution in [2.24, 2.45) is 0 Å². The van der Waals surface area contributed by atoms with Crippen molar-refractivity contribution in [1.82, 2.24) is 9.21 Å². The van der Waals surface area contributed by atoms with Crippen LogP contribution in [0.25, 0.3) is 0 Å². The molecule has 0 N–H and O–H groups in total. The predicted octanol–water partition coefficient (Wildman–Crippen LogP) is 3.91. The Kier molecular flexibility index (Phi) is 6.74. The molecule has 5 nitrogen and oxygen atoms in total. The van der Waals surface area contributed by atoms with Crippen molar-refractivity contribution in [1.29, 1.82) is 0 Å². The van der Waals surface area contributed by atoms with Crippen molar-refractivity contribution in [3.05, 3.63) is 28.8 Å². The minimum absolute atomic E-state index is 0.000858. The monoisotopic (exact) mass is 394 g/mol. The molecular weight excluding hydrogens is 360 g/mol. The van der Waals surface area contributed by atoms with E-state index < -0.39 is 10.0 Å². The Morgan fingerprint density at radius 3 is 1.63 bits per heavy atom. The third-order valence-corrected chi connectivity index (χ3v) is 7.39. The summed E-state index contributed by atoms with van der Waals surface area (Å²) in [6, 6.07) is 4.14. The molecule has 1 aromatic rings. The minimum atomic E-state index is -3.61. The van der Waals surface area contributed by atoms with Gasteiger partial charge in [-0.3, -0.25) is 4.79 Å². The van der Waals surface area contributed by atoms with Gasteiger partial charge in [-0.1, -0.05) is 53.7 Å². The molecule has 0 atom stereocenters. The summed E-state index contributed by atoms with van der Waals surface area (Å²) in [5.74, 6) is 0.573. The van der Waals surface area contributed by atoms with Crippen LogP contribution in [-0.4, -0.2) is 49.7 Å². The van der Waals surface area contributed by atoms with Gasteiger partial charge in [0.2, 0.25) is 15.9 Å². The fourth-order valence-corrected chi connectivity index (χ4v) is 5.65. The van der Waals surface area contributed by atoms with Crippen LogP contribution >= 0.6 is 0 Å². The lowest BCUT2D eigenvalue weighted by Gasteiger charge is -2.35. The molecule has 1 fully saturated rings. The van der Waals surface area contributed by atoms with E-state index in [1.54, 1.807) is 9.21 Å². The summed E-state index contributed by atoms with van der Waals surface area (Å²) >= 11 is 0. The molecule has 1 aliphatic rings. The Morgan fingerprint density at radius 1 is 0.852 bits per heavy atom. The summed E-state index contributed by atoms with van der Waals surface area (Å²) in [5.41, 5.74) is 2.99. The van der Waals surface area contributed by atoms with Crippen molar-refractivity contribution in [3.63, 3.8) is 0 Å². The van der Waals surface area contributed by atoms with Gasteiger partial charge >= 0.3 is 0 Å². The van der Waals surface area contributed by atoms with Crippen molar-refractivity contribution < 1.29 is 13.2 Å². The quantitative estimate of drug-likeness (QED) is 0.761. The molecule has 6 heteroatoms. The van der Waals surface area contributed by atoms with E-state index in [0.717, 1.165) is 11.1 Å². The first kappa shape index (κ1) is 21.9. The number of hydrogen-bond acceptors (Lipinski definition) is 3. The number of rotatable bonds is 5. The third kappa shape index (κ3) is 4.54. The summed E-state index contributed by atoms with van der Waals surface area (Å²) in [6.45, 7) is 15.6. The number of nitrogens with zero attached hydrogens (tertiary/aromatic N) is 2. The Labute approximate surface area is 164 Å². The number of piperazine rings is 1. The molecule has 0 unspecified atom stereocenters. The third-order valence-electron chi connectivity index (χ3n) is 5.36. The van der Waals surface area contributed by atoms with Crippen LogP contribution in [-0.2, 0) is 14.8 Å². The largest absolute Gasteiger partial charge is 0.340 e. The van der Waals surface area contributed by atoms with Crippen LogP contribution in [0.3, 0.4) is 0 Å². The van der Waals surface area contributed by atoms with Crippen LogP contribution in [0.15, 0.2) is 17.0 Å². The van der Waals surface area contributed by atoms with Crippen LogP contribution in [0.1, 0.15) is 82.9 Å². The Bertz CT molecular complexity index is 761. The van der Waals surface area contributed by atoms with Crippen molar-refractivity contribution >= 4 is 15.9 Å². The van der Waals surface area contributed by atoms with E-state index in [1.165, 1.54) is 12.5 Å². The lowest BCUT2D eigenvalue weighted by molar-refractivity contribution is -0.129. The highest BCUT2D eigenvalue weighted by atomic mass is 32.2. The highest BCUT2D eigenvalue weighted by Gasteiger charge is 2.34. The van der Waals surface area contributed by atoms with Gasteiger partial charge < -0.3 is 4.90 Å². The van der Waals surface area contributed by atoms with Gasteiger partial charge in [-0.05, 0) is 34.4 Å². The van der Waals surface area contributed by atoms with Gasteiger partial charge in [-0.2, -0.15) is 4.31 Å². The first-order chi connectivity index (χ1) is 12.5. The molecule has 0 bridgehead atoms. The Morgan fingerprint density at radius 2 is 1.30 bits per heavy atom. The normalized spacial score (nSPS) is 16.6. The van der Waals surface area contributed by atoms with Gasteiger partial charge in [0.15, 0.2) is 0 Å². The molecule has 1 heterocycles. The average molecular weight is 395 g/mol. The summed E-state index contributed by atoms with van der Waals surface area (Å²) in [5, 5.41) is 0. The van der Waals surface area contributed by atoms with E-state index in [-0.39, 0.29) is 17.7 Å². The molecule has 0 radical (unpaired) electrons. The lowest BCUT2D eigenvalue weighted by atomic mass is 9.89. The maximum atomic E-state index is 13.6. The van der Waals surface area contributed by atoms with E-state index in [1.807, 2.05) is 0 Å². The van der Waals surface area contributed by atoms with E-state index in [2.05, 4.69) is 53.7 Å². The van der Waals surface area contributed by atoms with Gasteiger partial charge in [0, 0.05) is 33.1 Å². The summed E-state index contributed by atoms with van der Waals surface area (Å²) < 4.78 is 28.8. The number of hydrogen-bond donors (Lipinski definition) is 0. The van der Waals surface area contributed by atoms with E-state index >= 15 is 0 Å². The second kappa shape index (κ2) is 8.31. The van der Waals surface area contributed by atoms with Gasteiger partial charge in [-0.25, -0.2) is 8.42 Å². The maximum Gasteiger partial charge on any atom is 0.243 e. The van der Waals surface area contributed by atoms with Gasteiger partial charge in [0.25, 0.3) is 0 Å². The molecule has 1 aliphatic heterocycles. The van der Waals surface area contributed by atoms with Gasteiger partial charge in [-0.15, -0.1) is 0 Å². The zero-order valence-electron chi connectivity index (χ0n) is 17.7. The summed E-state index contributed by atoms with van der Waals surface area (Å²) in [4.78, 5) is 13.8. The second-order valence-corrected chi connectivity index (χ2v) is 10.3. The van der Waals surface area contributed by atoms with Crippen LogP contribution in [0, 0.1) is 0 Å². The number of benzene rings is 1. The molecule has 0 aromatic heterocycles. The molecule has 0 saturated carbocycles. The fourth-order valence-electron chi connectivity index (χ4n) is 3.56. The van der Waals surface area contributed by atoms with Crippen LogP contribution in [0.5, 0.6) is 0 Å². The second-order valence-electron chi connectivity index (χ2n) is 8.40. The van der Waals surface area contributed by atoms with Crippen molar-refractivity contribution in [3.8, 4) is 0 Å². The minimum Gasteiger partial charge on any atom is -0.340 e. The van der Waals surface area contributed by atoms with E-state index in [9.17, 15) is 13.2 Å². The Hall–Kier alpha value is -1.40. The highest BCUT2D eigenvalue weighted by molar-refractivity contribution is 7.89. The molecule has 2 rings (SSSR count). The van der Waals surface area contributed by atoms with Crippen LogP contribution < -0.4 is 0 Å². The summed E-state index contributed by atoms with van der Waals surface area (Å²) in [6.07, 6.45) is 0. The van der Waals surface area contributed by atoms with Gasteiger partial charge in [0.05, 0.1) is 4.90 Å². The van der Waals surface area contributed by atoms with Gasteiger partial charge in [0.1, 0.15) is 0 Å². The number of carbonyl (C=O) groups excluding carboxylic acids is 1. The molecule has 0 spiro atoms. The topological polar surface area (TPSA) is 57.7 Å². The fraction of sp³-hybridized carbons (Fsp3) is 0.667. The highest BCUT2D eigenvalue weighted by Crippen LogP contribution is 2.36. The molecule has 152 valence electrons. The molecule has 27 heavy (non-hydrogen) atoms. The molecule has 0 aliphatic carbocycles. The van der Waals surface area contributed by atoms with Crippen molar-refractivity contribution in [2.75, 3.05) is 26.2 Å². The average Bonchev–Trinajstić information content (AvgIpc) is 2.60.